The van der Waals surface area contributed by atoms with E-state index in [1.807, 2.05) is 0 Å². The molecule has 1 aromatic heterocycles. The highest BCUT2D eigenvalue weighted by atomic mass is 16.2. The van der Waals surface area contributed by atoms with E-state index >= 15 is 0 Å². The maximum absolute atomic E-state index is 12.7. The van der Waals surface area contributed by atoms with Gasteiger partial charge in [-0.15, -0.1) is 0 Å². The molecular formula is C17H24N4O4. The van der Waals surface area contributed by atoms with Crippen molar-refractivity contribution < 1.29 is 14.4 Å². The lowest BCUT2D eigenvalue weighted by Gasteiger charge is -2.32. The number of aryl methyl sites for hydroxylation is 1. The van der Waals surface area contributed by atoms with Crippen molar-refractivity contribution >= 4 is 17.7 Å². The molecule has 3 amide bonds. The smallest absolute Gasteiger partial charge is 0.264 e. The van der Waals surface area contributed by atoms with Crippen molar-refractivity contribution in [3.05, 3.63) is 34.2 Å². The van der Waals surface area contributed by atoms with Crippen LogP contribution >= 0.6 is 0 Å². The van der Waals surface area contributed by atoms with Crippen molar-refractivity contribution in [3.63, 3.8) is 0 Å². The van der Waals surface area contributed by atoms with Gasteiger partial charge < -0.3 is 9.88 Å². The zero-order chi connectivity index (χ0) is 18.4. The average Bonchev–Trinajstić information content (AvgIpc) is 2.81. The first-order valence-electron chi connectivity index (χ1n) is 8.40. The van der Waals surface area contributed by atoms with Gasteiger partial charge in [0.1, 0.15) is 5.54 Å². The average molecular weight is 348 g/mol. The maximum atomic E-state index is 12.7. The lowest BCUT2D eigenvalue weighted by molar-refractivity contribution is -0.132. The van der Waals surface area contributed by atoms with Crippen LogP contribution in [0.5, 0.6) is 0 Å². The Kier molecular flexibility index (Phi) is 5.95. The summed E-state index contributed by atoms with van der Waals surface area (Å²) in [5.74, 6) is -1.31. The topological polar surface area (TPSA) is 109 Å². The Balaban J connectivity index is 2.23. The summed E-state index contributed by atoms with van der Waals surface area (Å²) in [6.45, 7) is 1.29. The molecule has 0 atom stereocenters. The van der Waals surface area contributed by atoms with E-state index in [4.69, 9.17) is 0 Å². The lowest BCUT2D eigenvalue weighted by atomic mass is 9.88. The molecule has 0 radical (unpaired) electrons. The zero-order valence-corrected chi connectivity index (χ0v) is 14.6. The van der Waals surface area contributed by atoms with Crippen molar-refractivity contribution in [2.24, 2.45) is 7.05 Å². The Hall–Kier alpha value is -2.64. The monoisotopic (exact) mass is 348 g/mol. The molecule has 0 spiro atoms. The summed E-state index contributed by atoms with van der Waals surface area (Å²) in [5, 5.41) is 2.81. The highest BCUT2D eigenvalue weighted by Crippen LogP contribution is 2.27. The number of hydrazine groups is 1. The third-order valence-corrected chi connectivity index (χ3v) is 4.46. The predicted octanol–water partition coefficient (Wildman–Crippen LogP) is 0.375. The van der Waals surface area contributed by atoms with Crippen molar-refractivity contribution in [2.45, 2.75) is 51.0 Å². The first-order chi connectivity index (χ1) is 11.8. The van der Waals surface area contributed by atoms with Gasteiger partial charge in [0.25, 0.3) is 17.4 Å². The van der Waals surface area contributed by atoms with Gasteiger partial charge in [0.2, 0.25) is 5.91 Å². The molecule has 0 aromatic carbocycles. The van der Waals surface area contributed by atoms with E-state index < -0.39 is 23.3 Å². The van der Waals surface area contributed by atoms with Crippen molar-refractivity contribution in [3.8, 4) is 0 Å². The van der Waals surface area contributed by atoms with Crippen LogP contribution in [0.25, 0.3) is 0 Å². The number of hydrogen-bond acceptors (Lipinski definition) is 4. The van der Waals surface area contributed by atoms with Gasteiger partial charge in [0, 0.05) is 31.8 Å². The van der Waals surface area contributed by atoms with Crippen LogP contribution in [0, 0.1) is 0 Å². The molecule has 1 heterocycles. The Bertz CT molecular complexity index is 718. The first kappa shape index (κ1) is 18.7. The highest BCUT2D eigenvalue weighted by Gasteiger charge is 2.40. The normalized spacial score (nSPS) is 16.4. The molecule has 0 aliphatic heterocycles. The summed E-state index contributed by atoms with van der Waals surface area (Å²) in [7, 11) is 1.59. The third kappa shape index (κ3) is 4.68. The lowest BCUT2D eigenvalue weighted by Crippen LogP contribution is -2.61. The molecule has 1 fully saturated rings. The number of carbonyl (C=O) groups is 3. The Labute approximate surface area is 146 Å². The number of rotatable bonds is 3. The van der Waals surface area contributed by atoms with Crippen LogP contribution in [0.15, 0.2) is 23.1 Å². The first-order valence-corrected chi connectivity index (χ1v) is 8.40. The van der Waals surface area contributed by atoms with E-state index in [-0.39, 0.29) is 11.1 Å². The van der Waals surface area contributed by atoms with Crippen LogP contribution in [0.3, 0.4) is 0 Å². The van der Waals surface area contributed by atoms with Crippen LogP contribution < -0.4 is 21.7 Å². The minimum absolute atomic E-state index is 0.207. The number of hydrogen-bond donors (Lipinski definition) is 3. The summed E-state index contributed by atoms with van der Waals surface area (Å²) >= 11 is 0. The molecule has 1 aliphatic rings. The van der Waals surface area contributed by atoms with Crippen LogP contribution in [0.1, 0.15) is 55.8 Å². The van der Waals surface area contributed by atoms with E-state index in [1.54, 1.807) is 7.05 Å². The Morgan fingerprint density at radius 3 is 2.28 bits per heavy atom. The van der Waals surface area contributed by atoms with Gasteiger partial charge in [-0.3, -0.25) is 30.0 Å². The van der Waals surface area contributed by atoms with Crippen LogP contribution in [-0.2, 0) is 16.6 Å². The van der Waals surface area contributed by atoms with Gasteiger partial charge in [-0.1, -0.05) is 25.7 Å². The van der Waals surface area contributed by atoms with Gasteiger partial charge in [-0.05, 0) is 18.9 Å². The molecule has 0 bridgehead atoms. The molecule has 1 aliphatic carbocycles. The molecule has 1 aromatic rings. The summed E-state index contributed by atoms with van der Waals surface area (Å²) in [6, 6.07) is 2.78. The van der Waals surface area contributed by atoms with Gasteiger partial charge in [-0.25, -0.2) is 0 Å². The molecule has 25 heavy (non-hydrogen) atoms. The molecule has 1 saturated carbocycles. The fourth-order valence-electron chi connectivity index (χ4n) is 2.98. The van der Waals surface area contributed by atoms with Crippen molar-refractivity contribution in [1.29, 1.82) is 0 Å². The standard InChI is InChI=1S/C17H24N4O4/c1-12(22)19-20-16(25)17(8-5-3-4-6-9-17)18-15(24)13-7-10-21(2)14(23)11-13/h7,10-11H,3-6,8-9H2,1-2H3,(H,18,24)(H,19,22)(H,20,25). The summed E-state index contributed by atoms with van der Waals surface area (Å²) in [5.41, 5.74) is 3.46. The minimum atomic E-state index is -1.10. The summed E-state index contributed by atoms with van der Waals surface area (Å²) in [4.78, 5) is 48.1. The predicted molar refractivity (Wildman–Crippen MR) is 91.5 cm³/mol. The second kappa shape index (κ2) is 7.96. The number of pyridine rings is 1. The van der Waals surface area contributed by atoms with Crippen LogP contribution in [0.4, 0.5) is 0 Å². The Morgan fingerprint density at radius 1 is 1.08 bits per heavy atom. The van der Waals surface area contributed by atoms with E-state index in [9.17, 15) is 19.2 Å². The number of carbonyl (C=O) groups excluding carboxylic acids is 3. The SMILES string of the molecule is CC(=O)NNC(=O)C1(NC(=O)c2ccn(C)c(=O)c2)CCCCCC1. The van der Waals surface area contributed by atoms with Crippen molar-refractivity contribution in [1.82, 2.24) is 20.7 Å². The molecule has 136 valence electrons. The van der Waals surface area contributed by atoms with Crippen LogP contribution in [-0.4, -0.2) is 27.8 Å². The molecule has 8 nitrogen and oxygen atoms in total. The number of aromatic nitrogens is 1. The quantitative estimate of drug-likeness (QED) is 0.542. The van der Waals surface area contributed by atoms with Gasteiger partial charge in [0.15, 0.2) is 0 Å². The number of nitrogens with zero attached hydrogens (tertiary/aromatic N) is 1. The van der Waals surface area contributed by atoms with Gasteiger partial charge >= 0.3 is 0 Å². The zero-order valence-electron chi connectivity index (χ0n) is 14.6. The highest BCUT2D eigenvalue weighted by molar-refractivity contribution is 5.99. The van der Waals surface area contributed by atoms with Gasteiger partial charge in [0.05, 0.1) is 0 Å². The molecule has 8 heteroatoms. The Morgan fingerprint density at radius 2 is 1.72 bits per heavy atom. The molecule has 0 saturated heterocycles. The second-order valence-corrected chi connectivity index (χ2v) is 6.45. The molecule has 2 rings (SSSR count). The minimum Gasteiger partial charge on any atom is -0.338 e. The fourth-order valence-corrected chi connectivity index (χ4v) is 2.98. The second-order valence-electron chi connectivity index (χ2n) is 6.45. The molecule has 0 unspecified atom stereocenters. The number of nitrogens with one attached hydrogen (secondary N) is 3. The van der Waals surface area contributed by atoms with Crippen LogP contribution in [0.2, 0.25) is 0 Å². The largest absolute Gasteiger partial charge is 0.338 e. The van der Waals surface area contributed by atoms with E-state index in [1.165, 1.54) is 29.8 Å². The summed E-state index contributed by atoms with van der Waals surface area (Å²) < 4.78 is 1.36. The fraction of sp³-hybridized carbons (Fsp3) is 0.529. The van der Waals surface area contributed by atoms with E-state index in [0.29, 0.717) is 12.8 Å². The van der Waals surface area contributed by atoms with Crippen molar-refractivity contribution in [2.75, 3.05) is 0 Å². The van der Waals surface area contributed by atoms with E-state index in [2.05, 4.69) is 16.2 Å². The third-order valence-electron chi connectivity index (χ3n) is 4.46. The molecular weight excluding hydrogens is 324 g/mol. The van der Waals surface area contributed by atoms with E-state index in [0.717, 1.165) is 25.7 Å². The maximum Gasteiger partial charge on any atom is 0.264 e. The number of amides is 3. The summed E-state index contributed by atoms with van der Waals surface area (Å²) in [6.07, 6.45) is 6.03. The molecule has 3 N–H and O–H groups in total. The van der Waals surface area contributed by atoms with Gasteiger partial charge in [-0.2, -0.15) is 0 Å².